The molecule has 2 rings (SSSR count). The van der Waals surface area contributed by atoms with Gasteiger partial charge in [-0.1, -0.05) is 13.3 Å². The van der Waals surface area contributed by atoms with Gasteiger partial charge in [0.1, 0.15) is 6.04 Å². The Hall–Kier alpha value is -1.70. The van der Waals surface area contributed by atoms with Gasteiger partial charge in [-0.15, -0.1) is 11.8 Å². The summed E-state index contributed by atoms with van der Waals surface area (Å²) in [5, 5.41) is 18.7. The summed E-state index contributed by atoms with van der Waals surface area (Å²) in [6.07, 6.45) is 3.37. The van der Waals surface area contributed by atoms with Crippen LogP contribution in [-0.2, 0) is 11.3 Å². The highest BCUT2D eigenvalue weighted by Gasteiger charge is 2.41. The third-order valence-electron chi connectivity index (χ3n) is 3.51. The lowest BCUT2D eigenvalue weighted by molar-refractivity contribution is -0.141. The molecule has 3 N–H and O–H groups in total. The molecule has 2 unspecified atom stereocenters. The second kappa shape index (κ2) is 6.84. The molecule has 2 heterocycles. The zero-order valence-corrected chi connectivity index (χ0v) is 12.9. The Labute approximate surface area is 127 Å². The molecule has 2 amide bonds. The van der Waals surface area contributed by atoms with Crippen molar-refractivity contribution in [1.29, 1.82) is 0 Å². The first-order chi connectivity index (χ1) is 10.0. The van der Waals surface area contributed by atoms with E-state index in [1.54, 1.807) is 6.20 Å². The number of H-pyrrole nitrogens is 1. The molecule has 2 atom stereocenters. The van der Waals surface area contributed by atoms with Gasteiger partial charge in [0.15, 0.2) is 0 Å². The number of aryl methyl sites for hydroxylation is 1. The molecule has 8 heteroatoms. The van der Waals surface area contributed by atoms with Crippen LogP contribution in [0.15, 0.2) is 6.20 Å². The lowest BCUT2D eigenvalue weighted by Gasteiger charge is -2.27. The summed E-state index contributed by atoms with van der Waals surface area (Å²) < 4.78 is 0. The Morgan fingerprint density at radius 3 is 2.95 bits per heavy atom. The first-order valence-electron chi connectivity index (χ1n) is 6.94. The molecule has 1 saturated heterocycles. The van der Waals surface area contributed by atoms with Gasteiger partial charge in [-0.3, -0.25) is 10.00 Å². The highest BCUT2D eigenvalue weighted by atomic mass is 32.2. The van der Waals surface area contributed by atoms with Crippen molar-refractivity contribution in [2.45, 2.75) is 44.6 Å². The van der Waals surface area contributed by atoms with Crippen molar-refractivity contribution in [1.82, 2.24) is 20.4 Å². The average Bonchev–Trinajstić information content (AvgIpc) is 3.03. The van der Waals surface area contributed by atoms with Crippen LogP contribution < -0.4 is 5.32 Å². The average molecular weight is 312 g/mol. The number of hydrogen-bond acceptors (Lipinski definition) is 4. The van der Waals surface area contributed by atoms with E-state index in [-0.39, 0.29) is 11.4 Å². The van der Waals surface area contributed by atoms with Crippen LogP contribution in [0.4, 0.5) is 4.79 Å². The number of urea groups is 1. The lowest BCUT2D eigenvalue weighted by Crippen LogP contribution is -2.50. The van der Waals surface area contributed by atoms with Crippen LogP contribution in [0.25, 0.3) is 0 Å². The molecule has 0 saturated carbocycles. The second-order valence-electron chi connectivity index (χ2n) is 5.02. The molecule has 0 bridgehead atoms. The number of carbonyl (C=O) groups excluding carboxylic acids is 1. The molecule has 1 aliphatic rings. The van der Waals surface area contributed by atoms with Crippen molar-refractivity contribution < 1.29 is 14.7 Å². The zero-order valence-electron chi connectivity index (χ0n) is 12.1. The molecule has 7 nitrogen and oxygen atoms in total. The van der Waals surface area contributed by atoms with Gasteiger partial charge in [-0.25, -0.2) is 9.59 Å². The number of nitrogens with one attached hydrogen (secondary N) is 2. The van der Waals surface area contributed by atoms with E-state index in [9.17, 15) is 14.7 Å². The smallest absolute Gasteiger partial charge is 0.327 e. The molecule has 1 aliphatic heterocycles. The minimum atomic E-state index is -0.948. The Bertz CT molecular complexity index is 519. The number of carbonyl (C=O) groups is 2. The first-order valence-corrected chi connectivity index (χ1v) is 7.98. The van der Waals surface area contributed by atoms with Gasteiger partial charge in [-0.05, 0) is 13.3 Å². The van der Waals surface area contributed by atoms with E-state index in [0.717, 1.165) is 24.1 Å². The van der Waals surface area contributed by atoms with Crippen LogP contribution in [0.5, 0.6) is 0 Å². The number of nitrogens with zero attached hydrogens (tertiary/aromatic N) is 2. The standard InChI is InChI=1S/C13H20N4O3S/c1-3-4-11-17(10(7-21-11)12(18)19)13(20)14-5-9-6-15-16-8(9)2/h6,10-11H,3-5,7H2,1-2H3,(H,14,20)(H,15,16)(H,18,19). The van der Waals surface area contributed by atoms with Gasteiger partial charge in [0.25, 0.3) is 0 Å². The van der Waals surface area contributed by atoms with Gasteiger partial charge in [0.2, 0.25) is 0 Å². The number of rotatable bonds is 5. The van der Waals surface area contributed by atoms with Crippen LogP contribution in [0.1, 0.15) is 31.0 Å². The van der Waals surface area contributed by atoms with E-state index in [2.05, 4.69) is 15.5 Å². The summed E-state index contributed by atoms with van der Waals surface area (Å²) in [7, 11) is 0. The fourth-order valence-electron chi connectivity index (χ4n) is 2.31. The first kappa shape index (κ1) is 15.7. The summed E-state index contributed by atoms with van der Waals surface area (Å²) in [6.45, 7) is 4.24. The Balaban J connectivity index is 2.02. The summed E-state index contributed by atoms with van der Waals surface area (Å²) >= 11 is 1.53. The fraction of sp³-hybridized carbons (Fsp3) is 0.615. The molecular formula is C13H20N4O3S. The van der Waals surface area contributed by atoms with E-state index >= 15 is 0 Å². The Morgan fingerprint density at radius 1 is 1.62 bits per heavy atom. The van der Waals surface area contributed by atoms with E-state index in [4.69, 9.17) is 0 Å². The van der Waals surface area contributed by atoms with Gasteiger partial charge < -0.3 is 10.4 Å². The molecule has 0 radical (unpaired) electrons. The van der Waals surface area contributed by atoms with Crippen LogP contribution >= 0.6 is 11.8 Å². The minimum absolute atomic E-state index is 0.0680. The third-order valence-corrected chi connectivity index (χ3v) is 4.87. The summed E-state index contributed by atoms with van der Waals surface area (Å²) in [5.74, 6) is -0.506. The number of hydrogen-bond donors (Lipinski definition) is 3. The SMILES string of the molecule is CCCC1SCC(C(=O)O)N1C(=O)NCc1cn[nH]c1C. The maximum Gasteiger partial charge on any atom is 0.327 e. The number of aliphatic carboxylic acids is 1. The molecule has 1 aromatic heterocycles. The van der Waals surface area contributed by atoms with Crippen LogP contribution in [-0.4, -0.2) is 49.4 Å². The van der Waals surface area contributed by atoms with Crippen molar-refractivity contribution in [2.24, 2.45) is 0 Å². The van der Waals surface area contributed by atoms with Gasteiger partial charge >= 0.3 is 12.0 Å². The van der Waals surface area contributed by atoms with Crippen LogP contribution in [0.2, 0.25) is 0 Å². The minimum Gasteiger partial charge on any atom is -0.480 e. The van der Waals surface area contributed by atoms with Crippen molar-refractivity contribution in [3.8, 4) is 0 Å². The highest BCUT2D eigenvalue weighted by molar-refractivity contribution is 8.00. The van der Waals surface area contributed by atoms with Gasteiger partial charge in [0.05, 0.1) is 11.6 Å². The molecule has 1 fully saturated rings. The number of aromatic amines is 1. The van der Waals surface area contributed by atoms with Crippen LogP contribution in [0.3, 0.4) is 0 Å². The quantitative estimate of drug-likeness (QED) is 0.766. The molecule has 0 aromatic carbocycles. The number of aromatic nitrogens is 2. The maximum atomic E-state index is 12.4. The topological polar surface area (TPSA) is 98.3 Å². The molecule has 1 aromatic rings. The monoisotopic (exact) mass is 312 g/mol. The maximum absolute atomic E-state index is 12.4. The highest BCUT2D eigenvalue weighted by Crippen LogP contribution is 2.32. The number of thioether (sulfide) groups is 1. The third kappa shape index (κ3) is 3.49. The normalized spacial score (nSPS) is 21.5. The van der Waals surface area contributed by atoms with Gasteiger partial charge in [0, 0.05) is 23.6 Å². The van der Waals surface area contributed by atoms with E-state index in [1.807, 2.05) is 13.8 Å². The van der Waals surface area contributed by atoms with E-state index in [0.29, 0.717) is 12.3 Å². The summed E-state index contributed by atoms with van der Waals surface area (Å²) in [5.41, 5.74) is 1.79. The molecule has 0 spiro atoms. The summed E-state index contributed by atoms with van der Waals surface area (Å²) in [4.78, 5) is 25.1. The van der Waals surface area contributed by atoms with Crippen molar-refractivity contribution in [3.05, 3.63) is 17.5 Å². The molecular weight excluding hydrogens is 292 g/mol. The molecule has 21 heavy (non-hydrogen) atoms. The zero-order chi connectivity index (χ0) is 15.4. The predicted molar refractivity (Wildman–Crippen MR) is 80.0 cm³/mol. The lowest BCUT2D eigenvalue weighted by atomic mass is 10.2. The Kier molecular flexibility index (Phi) is 5.11. The fourth-order valence-corrected chi connectivity index (χ4v) is 3.82. The number of carboxylic acid groups (broad SMARTS) is 1. The second-order valence-corrected chi connectivity index (χ2v) is 6.23. The largest absolute Gasteiger partial charge is 0.480 e. The molecule has 0 aliphatic carbocycles. The Morgan fingerprint density at radius 2 is 2.38 bits per heavy atom. The van der Waals surface area contributed by atoms with E-state index in [1.165, 1.54) is 16.7 Å². The van der Waals surface area contributed by atoms with Gasteiger partial charge in [-0.2, -0.15) is 5.10 Å². The van der Waals surface area contributed by atoms with Crippen molar-refractivity contribution in [2.75, 3.05) is 5.75 Å². The van der Waals surface area contributed by atoms with Crippen LogP contribution in [0, 0.1) is 6.92 Å². The number of carboxylic acids is 1. The number of amides is 2. The van der Waals surface area contributed by atoms with Crippen molar-refractivity contribution in [3.63, 3.8) is 0 Å². The van der Waals surface area contributed by atoms with Crippen molar-refractivity contribution >= 4 is 23.8 Å². The summed E-state index contributed by atoms with van der Waals surface area (Å²) in [6, 6.07) is -1.08. The molecule has 116 valence electrons. The predicted octanol–water partition coefficient (Wildman–Crippen LogP) is 1.56. The van der Waals surface area contributed by atoms with E-state index < -0.39 is 12.0 Å².